The van der Waals surface area contributed by atoms with Gasteiger partial charge in [0.1, 0.15) is 0 Å². The summed E-state index contributed by atoms with van der Waals surface area (Å²) in [4.78, 5) is 13.3. The van der Waals surface area contributed by atoms with E-state index in [-0.39, 0.29) is 4.21 Å². The molecule has 0 aliphatic heterocycles. The van der Waals surface area contributed by atoms with Gasteiger partial charge in [-0.3, -0.25) is 9.52 Å². The molecule has 1 heterocycles. The van der Waals surface area contributed by atoms with Gasteiger partial charge in [-0.1, -0.05) is 23.5 Å². The highest BCUT2D eigenvalue weighted by atomic mass is 32.2. The third-order valence-corrected chi connectivity index (χ3v) is 5.50. The van der Waals surface area contributed by atoms with Crippen LogP contribution in [0.4, 0.5) is 5.69 Å². The second kappa shape index (κ2) is 5.78. The Morgan fingerprint density at radius 3 is 2.75 bits per heavy atom. The summed E-state index contributed by atoms with van der Waals surface area (Å²) in [5.41, 5.74) is 1.62. The van der Waals surface area contributed by atoms with Gasteiger partial charge in [-0.15, -0.1) is 0 Å². The van der Waals surface area contributed by atoms with E-state index in [9.17, 15) is 13.2 Å². The first-order chi connectivity index (χ1) is 9.42. The highest BCUT2D eigenvalue weighted by molar-refractivity contribution is 7.94. The maximum absolute atomic E-state index is 12.2. The Labute approximate surface area is 120 Å². The number of sulfonamides is 1. The summed E-state index contributed by atoms with van der Waals surface area (Å²) >= 11 is 0.669. The number of anilines is 1. The van der Waals surface area contributed by atoms with Gasteiger partial charge in [-0.25, -0.2) is 8.42 Å². The van der Waals surface area contributed by atoms with Gasteiger partial charge in [-0.2, -0.15) is 0 Å². The molecule has 0 bridgehead atoms. The summed E-state index contributed by atoms with van der Waals surface area (Å²) in [5.74, 6) is 0. The number of aromatic amines is 1. The molecule has 2 aromatic rings. The fraction of sp³-hybridized carbons (Fsp3) is 0.250. The zero-order valence-corrected chi connectivity index (χ0v) is 12.6. The number of aryl methyl sites for hydroxylation is 1. The number of ether oxygens (including phenoxy) is 1. The van der Waals surface area contributed by atoms with Crippen LogP contribution in [0.1, 0.15) is 11.3 Å². The van der Waals surface area contributed by atoms with Crippen molar-refractivity contribution >= 4 is 27.0 Å². The first kappa shape index (κ1) is 14.8. The van der Waals surface area contributed by atoms with Crippen LogP contribution in [0.15, 0.2) is 33.3 Å². The quantitative estimate of drug-likeness (QED) is 0.879. The van der Waals surface area contributed by atoms with E-state index >= 15 is 0 Å². The second-order valence-corrected chi connectivity index (χ2v) is 7.03. The predicted octanol–water partition coefficient (Wildman–Crippen LogP) is 1.69. The summed E-state index contributed by atoms with van der Waals surface area (Å²) < 4.78 is 31.9. The molecule has 0 radical (unpaired) electrons. The third-order valence-electron chi connectivity index (χ3n) is 2.52. The molecule has 0 saturated heterocycles. The second-order valence-electron chi connectivity index (χ2n) is 4.17. The van der Waals surface area contributed by atoms with Crippen molar-refractivity contribution < 1.29 is 13.2 Å². The molecule has 0 aliphatic carbocycles. The summed E-state index contributed by atoms with van der Waals surface area (Å²) in [5, 5.41) is 0. The van der Waals surface area contributed by atoms with Gasteiger partial charge in [-0.05, 0) is 24.6 Å². The van der Waals surface area contributed by atoms with Crippen LogP contribution in [0.3, 0.4) is 0 Å². The summed E-state index contributed by atoms with van der Waals surface area (Å²) in [7, 11) is -2.19. The zero-order valence-electron chi connectivity index (χ0n) is 11.0. The van der Waals surface area contributed by atoms with Crippen molar-refractivity contribution in [1.82, 2.24) is 4.98 Å². The smallest absolute Gasteiger partial charge is 0.306 e. The molecule has 8 heteroatoms. The minimum atomic E-state index is -3.76. The van der Waals surface area contributed by atoms with E-state index in [1.54, 1.807) is 32.2 Å². The van der Waals surface area contributed by atoms with Crippen molar-refractivity contribution in [3.8, 4) is 0 Å². The van der Waals surface area contributed by atoms with Crippen LogP contribution < -0.4 is 9.60 Å². The van der Waals surface area contributed by atoms with E-state index < -0.39 is 14.9 Å². The Morgan fingerprint density at radius 1 is 1.40 bits per heavy atom. The number of rotatable bonds is 5. The molecule has 1 aromatic heterocycles. The van der Waals surface area contributed by atoms with E-state index in [0.717, 1.165) is 5.56 Å². The number of nitrogens with one attached hydrogen (secondary N) is 2. The van der Waals surface area contributed by atoms with E-state index in [1.165, 1.54) is 0 Å². The number of methoxy groups -OCH3 is 1. The molecule has 20 heavy (non-hydrogen) atoms. The number of benzene rings is 1. The van der Waals surface area contributed by atoms with Gasteiger partial charge in [0.25, 0.3) is 10.0 Å². The predicted molar refractivity (Wildman–Crippen MR) is 77.6 cm³/mol. The van der Waals surface area contributed by atoms with Crippen LogP contribution in [0.25, 0.3) is 0 Å². The molecule has 2 rings (SSSR count). The largest absolute Gasteiger partial charge is 0.380 e. The number of hydrogen-bond acceptors (Lipinski definition) is 5. The molecule has 108 valence electrons. The monoisotopic (exact) mass is 314 g/mol. The van der Waals surface area contributed by atoms with Crippen LogP contribution >= 0.6 is 11.3 Å². The maximum atomic E-state index is 12.2. The minimum Gasteiger partial charge on any atom is -0.380 e. The number of thiazole rings is 1. The van der Waals surface area contributed by atoms with Crippen LogP contribution in [0.2, 0.25) is 0 Å². The van der Waals surface area contributed by atoms with Gasteiger partial charge in [0, 0.05) is 18.5 Å². The fourth-order valence-corrected chi connectivity index (χ4v) is 4.09. The topological polar surface area (TPSA) is 88.3 Å². The Kier molecular flexibility index (Phi) is 4.26. The van der Waals surface area contributed by atoms with Gasteiger partial charge in [0.05, 0.1) is 6.61 Å². The van der Waals surface area contributed by atoms with Crippen molar-refractivity contribution in [2.75, 3.05) is 11.8 Å². The first-order valence-electron chi connectivity index (χ1n) is 5.73. The summed E-state index contributed by atoms with van der Waals surface area (Å²) in [6.07, 6.45) is 0. The van der Waals surface area contributed by atoms with Crippen molar-refractivity contribution in [3.63, 3.8) is 0 Å². The van der Waals surface area contributed by atoms with E-state index in [2.05, 4.69) is 9.71 Å². The molecule has 6 nitrogen and oxygen atoms in total. The summed E-state index contributed by atoms with van der Waals surface area (Å²) in [6, 6.07) is 6.90. The van der Waals surface area contributed by atoms with E-state index in [1.807, 2.05) is 6.07 Å². The molecular weight excluding hydrogens is 300 g/mol. The Morgan fingerprint density at radius 2 is 2.15 bits per heavy atom. The molecule has 0 atom stereocenters. The zero-order chi connectivity index (χ0) is 14.8. The Balaban J connectivity index is 2.31. The van der Waals surface area contributed by atoms with Gasteiger partial charge >= 0.3 is 4.87 Å². The van der Waals surface area contributed by atoms with Crippen LogP contribution in [0, 0.1) is 6.92 Å². The highest BCUT2D eigenvalue weighted by Crippen LogP contribution is 2.21. The summed E-state index contributed by atoms with van der Waals surface area (Å²) in [6.45, 7) is 1.94. The van der Waals surface area contributed by atoms with Gasteiger partial charge < -0.3 is 9.72 Å². The number of aromatic nitrogens is 1. The number of H-pyrrole nitrogens is 1. The molecule has 0 unspecified atom stereocenters. The molecule has 0 saturated carbocycles. The third kappa shape index (κ3) is 3.27. The molecule has 0 amide bonds. The van der Waals surface area contributed by atoms with Crippen molar-refractivity contribution in [3.05, 3.63) is 45.2 Å². The van der Waals surface area contributed by atoms with Crippen molar-refractivity contribution in [2.45, 2.75) is 17.7 Å². The standard InChI is InChI=1S/C12H14N2O4S2/c1-8-11(19-12(15)13-8)20(16,17)14-10-5-3-4-9(6-10)7-18-2/h3-6,14H,7H2,1-2H3,(H,13,15). The molecular formula is C12H14N2O4S2. The van der Waals surface area contributed by atoms with E-state index in [4.69, 9.17) is 4.74 Å². The lowest BCUT2D eigenvalue weighted by molar-refractivity contribution is 0.185. The van der Waals surface area contributed by atoms with Crippen molar-refractivity contribution in [2.24, 2.45) is 0 Å². The maximum Gasteiger partial charge on any atom is 0.306 e. The average Bonchev–Trinajstić information content (AvgIpc) is 2.69. The van der Waals surface area contributed by atoms with Crippen LogP contribution in [-0.4, -0.2) is 20.5 Å². The first-order valence-corrected chi connectivity index (χ1v) is 8.03. The van der Waals surface area contributed by atoms with Crippen LogP contribution in [-0.2, 0) is 21.4 Å². The average molecular weight is 314 g/mol. The van der Waals surface area contributed by atoms with Crippen LogP contribution in [0.5, 0.6) is 0 Å². The highest BCUT2D eigenvalue weighted by Gasteiger charge is 2.20. The fourth-order valence-electron chi connectivity index (χ4n) is 1.74. The van der Waals surface area contributed by atoms with E-state index in [0.29, 0.717) is 29.3 Å². The SMILES string of the molecule is COCc1cccc(NS(=O)(=O)c2sc(=O)[nH]c2C)c1. The lowest BCUT2D eigenvalue weighted by atomic mass is 10.2. The Hall–Kier alpha value is -1.64. The Bertz CT molecular complexity index is 762. The molecule has 1 aromatic carbocycles. The molecule has 0 fully saturated rings. The minimum absolute atomic E-state index is 0.000329. The molecule has 0 spiro atoms. The van der Waals surface area contributed by atoms with Gasteiger partial charge in [0.2, 0.25) is 0 Å². The van der Waals surface area contributed by atoms with Crippen molar-refractivity contribution in [1.29, 1.82) is 0 Å². The lowest BCUT2D eigenvalue weighted by Gasteiger charge is -2.08. The molecule has 2 N–H and O–H groups in total. The van der Waals surface area contributed by atoms with Gasteiger partial charge in [0.15, 0.2) is 4.21 Å². The molecule has 0 aliphatic rings. The number of hydrogen-bond donors (Lipinski definition) is 2. The normalized spacial score (nSPS) is 11.5. The lowest BCUT2D eigenvalue weighted by Crippen LogP contribution is -2.12.